The number of rotatable bonds is 5. The SMILES string of the molecule is CC(C)[C@@H](NC(N)=O)C(=O)NCc1ccc(F)cc1. The third-order valence-corrected chi connectivity index (χ3v) is 2.63. The van der Waals surface area contributed by atoms with Crippen molar-refractivity contribution in [2.45, 2.75) is 26.4 Å². The number of amides is 3. The average molecular weight is 267 g/mol. The maximum Gasteiger partial charge on any atom is 0.312 e. The summed E-state index contributed by atoms with van der Waals surface area (Å²) in [5.41, 5.74) is 5.80. The summed E-state index contributed by atoms with van der Waals surface area (Å²) < 4.78 is 12.7. The minimum absolute atomic E-state index is 0.0827. The van der Waals surface area contributed by atoms with E-state index in [1.165, 1.54) is 12.1 Å². The van der Waals surface area contributed by atoms with E-state index in [0.717, 1.165) is 5.56 Å². The standard InChI is InChI=1S/C13H18FN3O2/c1-8(2)11(17-13(15)19)12(18)16-7-9-3-5-10(14)6-4-9/h3-6,8,11H,7H2,1-2H3,(H,16,18)(H3,15,17,19)/t11-/m1/s1. The second-order valence-corrected chi connectivity index (χ2v) is 4.57. The van der Waals surface area contributed by atoms with Crippen molar-refractivity contribution in [2.75, 3.05) is 0 Å². The van der Waals surface area contributed by atoms with E-state index in [2.05, 4.69) is 10.6 Å². The van der Waals surface area contributed by atoms with Crippen LogP contribution < -0.4 is 16.4 Å². The number of halogens is 1. The molecule has 104 valence electrons. The van der Waals surface area contributed by atoms with Gasteiger partial charge in [-0.05, 0) is 23.6 Å². The lowest BCUT2D eigenvalue weighted by Gasteiger charge is -2.20. The fourth-order valence-electron chi connectivity index (χ4n) is 1.59. The predicted octanol–water partition coefficient (Wildman–Crippen LogP) is 1.13. The van der Waals surface area contributed by atoms with Crippen molar-refractivity contribution in [3.05, 3.63) is 35.6 Å². The minimum atomic E-state index is -0.740. The zero-order chi connectivity index (χ0) is 14.4. The van der Waals surface area contributed by atoms with Crippen LogP contribution in [0.2, 0.25) is 0 Å². The number of carbonyl (C=O) groups is 2. The molecule has 3 amide bonds. The fraction of sp³-hybridized carbons (Fsp3) is 0.385. The van der Waals surface area contributed by atoms with Gasteiger partial charge in [0.15, 0.2) is 0 Å². The molecule has 5 nitrogen and oxygen atoms in total. The van der Waals surface area contributed by atoms with Gasteiger partial charge in [0.25, 0.3) is 0 Å². The molecule has 4 N–H and O–H groups in total. The normalized spacial score (nSPS) is 12.0. The molecule has 0 aliphatic heterocycles. The Bertz CT molecular complexity index is 446. The van der Waals surface area contributed by atoms with Crippen molar-refractivity contribution in [1.29, 1.82) is 0 Å². The Morgan fingerprint density at radius 3 is 2.32 bits per heavy atom. The lowest BCUT2D eigenvalue weighted by molar-refractivity contribution is -0.124. The van der Waals surface area contributed by atoms with E-state index >= 15 is 0 Å². The van der Waals surface area contributed by atoms with Gasteiger partial charge >= 0.3 is 6.03 Å². The summed E-state index contributed by atoms with van der Waals surface area (Å²) in [7, 11) is 0. The highest BCUT2D eigenvalue weighted by Gasteiger charge is 2.22. The molecule has 1 rings (SSSR count). The van der Waals surface area contributed by atoms with Gasteiger partial charge in [0.05, 0.1) is 0 Å². The molecule has 0 bridgehead atoms. The van der Waals surface area contributed by atoms with E-state index in [1.54, 1.807) is 26.0 Å². The van der Waals surface area contributed by atoms with E-state index < -0.39 is 12.1 Å². The van der Waals surface area contributed by atoms with Crippen LogP contribution in [0, 0.1) is 11.7 Å². The smallest absolute Gasteiger partial charge is 0.312 e. The number of benzene rings is 1. The van der Waals surface area contributed by atoms with Gasteiger partial charge in [0, 0.05) is 6.54 Å². The summed E-state index contributed by atoms with van der Waals surface area (Å²) in [6, 6.07) is 4.39. The first-order valence-electron chi connectivity index (χ1n) is 5.98. The molecule has 1 atom stereocenters. The number of urea groups is 1. The Kier molecular flexibility index (Phi) is 5.29. The molecule has 0 aliphatic carbocycles. The third-order valence-electron chi connectivity index (χ3n) is 2.63. The number of hydrogen-bond acceptors (Lipinski definition) is 2. The summed E-state index contributed by atoms with van der Waals surface area (Å²) in [5.74, 6) is -0.732. The molecule has 0 unspecified atom stereocenters. The van der Waals surface area contributed by atoms with Gasteiger partial charge in [0.2, 0.25) is 5.91 Å². The number of carbonyl (C=O) groups excluding carboxylic acids is 2. The predicted molar refractivity (Wildman–Crippen MR) is 69.6 cm³/mol. The van der Waals surface area contributed by atoms with Gasteiger partial charge in [-0.1, -0.05) is 26.0 Å². The highest BCUT2D eigenvalue weighted by molar-refractivity contribution is 5.86. The molecule has 0 aromatic heterocycles. The molecule has 6 heteroatoms. The van der Waals surface area contributed by atoms with Crippen LogP contribution in [-0.4, -0.2) is 18.0 Å². The van der Waals surface area contributed by atoms with Crippen LogP contribution in [0.25, 0.3) is 0 Å². The van der Waals surface area contributed by atoms with E-state index in [1.807, 2.05) is 0 Å². The minimum Gasteiger partial charge on any atom is -0.352 e. The molecular formula is C13H18FN3O2. The van der Waals surface area contributed by atoms with E-state index in [0.29, 0.717) is 0 Å². The van der Waals surface area contributed by atoms with Gasteiger partial charge < -0.3 is 16.4 Å². The first-order chi connectivity index (χ1) is 8.90. The molecule has 0 saturated heterocycles. The first-order valence-corrected chi connectivity index (χ1v) is 5.98. The lowest BCUT2D eigenvalue weighted by Crippen LogP contribution is -2.51. The summed E-state index contributed by atoms with van der Waals surface area (Å²) >= 11 is 0. The fourth-order valence-corrected chi connectivity index (χ4v) is 1.59. The van der Waals surface area contributed by atoms with E-state index in [-0.39, 0.29) is 24.2 Å². The van der Waals surface area contributed by atoms with Crippen molar-refractivity contribution in [3.63, 3.8) is 0 Å². The monoisotopic (exact) mass is 267 g/mol. The number of nitrogens with two attached hydrogens (primary N) is 1. The second-order valence-electron chi connectivity index (χ2n) is 4.57. The lowest BCUT2D eigenvalue weighted by atomic mass is 10.0. The number of nitrogens with one attached hydrogen (secondary N) is 2. The zero-order valence-electron chi connectivity index (χ0n) is 10.9. The van der Waals surface area contributed by atoms with Crippen molar-refractivity contribution in [2.24, 2.45) is 11.7 Å². The molecule has 0 radical (unpaired) electrons. The van der Waals surface area contributed by atoms with Gasteiger partial charge in [-0.3, -0.25) is 4.79 Å². The second kappa shape index (κ2) is 6.72. The van der Waals surface area contributed by atoms with Gasteiger partial charge in [-0.25, -0.2) is 9.18 Å². The van der Waals surface area contributed by atoms with Crippen molar-refractivity contribution >= 4 is 11.9 Å². The highest BCUT2D eigenvalue weighted by atomic mass is 19.1. The topological polar surface area (TPSA) is 84.2 Å². The van der Waals surface area contributed by atoms with E-state index in [9.17, 15) is 14.0 Å². The number of hydrogen-bond donors (Lipinski definition) is 3. The quantitative estimate of drug-likeness (QED) is 0.747. The molecule has 0 aliphatic rings. The summed E-state index contributed by atoms with van der Waals surface area (Å²) in [5, 5.41) is 5.06. The Labute approximate surface area is 111 Å². The van der Waals surface area contributed by atoms with Crippen molar-refractivity contribution in [1.82, 2.24) is 10.6 Å². The molecule has 19 heavy (non-hydrogen) atoms. The van der Waals surface area contributed by atoms with Crippen LogP contribution in [0.3, 0.4) is 0 Å². The molecule has 0 saturated carbocycles. The largest absolute Gasteiger partial charge is 0.352 e. The molecule has 1 aromatic carbocycles. The summed E-state index contributed by atoms with van der Waals surface area (Å²) in [6.45, 7) is 3.87. The molecule has 0 fully saturated rings. The van der Waals surface area contributed by atoms with Crippen LogP contribution >= 0.6 is 0 Å². The summed E-state index contributed by atoms with van der Waals surface area (Å²) in [6.07, 6.45) is 0. The summed E-state index contributed by atoms with van der Waals surface area (Å²) in [4.78, 5) is 22.7. The van der Waals surface area contributed by atoms with Crippen LogP contribution in [0.4, 0.5) is 9.18 Å². The van der Waals surface area contributed by atoms with Gasteiger partial charge in [-0.15, -0.1) is 0 Å². The molecule has 0 heterocycles. The number of primary amides is 1. The van der Waals surface area contributed by atoms with Crippen LogP contribution in [0.5, 0.6) is 0 Å². The van der Waals surface area contributed by atoms with E-state index in [4.69, 9.17) is 5.73 Å². The third kappa shape index (κ3) is 4.95. The zero-order valence-corrected chi connectivity index (χ0v) is 10.9. The van der Waals surface area contributed by atoms with Gasteiger partial charge in [0.1, 0.15) is 11.9 Å². The van der Waals surface area contributed by atoms with Crippen LogP contribution in [0.1, 0.15) is 19.4 Å². The maximum absolute atomic E-state index is 12.7. The Balaban J connectivity index is 2.57. The Morgan fingerprint density at radius 1 is 1.26 bits per heavy atom. The molecular weight excluding hydrogens is 249 g/mol. The first kappa shape index (κ1) is 14.9. The van der Waals surface area contributed by atoms with Gasteiger partial charge in [-0.2, -0.15) is 0 Å². The van der Waals surface area contributed by atoms with Crippen LogP contribution in [0.15, 0.2) is 24.3 Å². The molecule has 1 aromatic rings. The Hall–Kier alpha value is -2.11. The Morgan fingerprint density at radius 2 is 1.84 bits per heavy atom. The highest BCUT2D eigenvalue weighted by Crippen LogP contribution is 2.04. The van der Waals surface area contributed by atoms with Crippen molar-refractivity contribution < 1.29 is 14.0 Å². The van der Waals surface area contributed by atoms with Crippen LogP contribution in [-0.2, 0) is 11.3 Å². The molecule has 0 spiro atoms. The average Bonchev–Trinajstić information content (AvgIpc) is 2.34. The van der Waals surface area contributed by atoms with Crippen molar-refractivity contribution in [3.8, 4) is 0 Å². The maximum atomic E-state index is 12.7.